The maximum Gasteiger partial charge on any atom is 0.224 e. The lowest BCUT2D eigenvalue weighted by molar-refractivity contribution is -0.116. The van der Waals surface area contributed by atoms with Crippen LogP contribution in [0.1, 0.15) is 39.0 Å². The first-order chi connectivity index (χ1) is 10.1. The molecule has 1 atom stereocenters. The molecule has 0 heterocycles. The Hall–Kier alpha value is -1.07. The van der Waals surface area contributed by atoms with Crippen molar-refractivity contribution >= 4 is 27.5 Å². The molecule has 0 saturated heterocycles. The molecule has 0 aliphatic rings. The molecular formula is C16H25BrN2O2. The van der Waals surface area contributed by atoms with Gasteiger partial charge in [-0.3, -0.25) is 4.79 Å². The van der Waals surface area contributed by atoms with Crippen LogP contribution in [0.15, 0.2) is 22.7 Å². The number of hydrogen-bond acceptors (Lipinski definition) is 3. The van der Waals surface area contributed by atoms with Crippen molar-refractivity contribution in [3.05, 3.63) is 22.7 Å². The summed E-state index contributed by atoms with van der Waals surface area (Å²) in [7, 11) is 1.59. The highest BCUT2D eigenvalue weighted by atomic mass is 79.9. The normalized spacial score (nSPS) is 12.0. The van der Waals surface area contributed by atoms with Crippen molar-refractivity contribution in [2.24, 2.45) is 11.7 Å². The fourth-order valence-corrected chi connectivity index (χ4v) is 2.76. The molecule has 0 aliphatic heterocycles. The summed E-state index contributed by atoms with van der Waals surface area (Å²) in [6.45, 7) is 2.85. The second kappa shape index (κ2) is 9.79. The third-order valence-electron chi connectivity index (χ3n) is 3.49. The van der Waals surface area contributed by atoms with Crippen LogP contribution < -0.4 is 15.8 Å². The number of benzene rings is 1. The summed E-state index contributed by atoms with van der Waals surface area (Å²) in [5.41, 5.74) is 6.32. The average Bonchev–Trinajstić information content (AvgIpc) is 2.45. The van der Waals surface area contributed by atoms with Gasteiger partial charge < -0.3 is 15.8 Å². The van der Waals surface area contributed by atoms with Crippen LogP contribution in [0.4, 0.5) is 5.69 Å². The lowest BCUT2D eigenvalue weighted by Gasteiger charge is -2.15. The smallest absolute Gasteiger partial charge is 0.224 e. The standard InChI is InChI=1S/C16H25BrN2O2/c1-3-4-12(9-10-18)5-8-16(20)19-14-11-13(17)6-7-15(14)21-2/h6-7,11-12H,3-5,8-10,18H2,1-2H3,(H,19,20). The Bertz CT molecular complexity index is 446. The Kier molecular flexibility index (Phi) is 8.38. The number of hydrogen-bond donors (Lipinski definition) is 2. The molecule has 1 amide bonds. The van der Waals surface area contributed by atoms with Crippen molar-refractivity contribution in [2.75, 3.05) is 19.0 Å². The number of carbonyl (C=O) groups is 1. The minimum Gasteiger partial charge on any atom is -0.495 e. The van der Waals surface area contributed by atoms with Crippen molar-refractivity contribution in [1.29, 1.82) is 0 Å². The summed E-state index contributed by atoms with van der Waals surface area (Å²) in [4.78, 5) is 12.1. The molecule has 3 N–H and O–H groups in total. The molecule has 0 bridgehead atoms. The second-order valence-electron chi connectivity index (χ2n) is 5.16. The molecule has 118 valence electrons. The van der Waals surface area contributed by atoms with Crippen molar-refractivity contribution in [2.45, 2.75) is 39.0 Å². The van der Waals surface area contributed by atoms with Gasteiger partial charge >= 0.3 is 0 Å². The van der Waals surface area contributed by atoms with Gasteiger partial charge in [-0.25, -0.2) is 0 Å². The van der Waals surface area contributed by atoms with E-state index >= 15 is 0 Å². The molecule has 0 fully saturated rings. The van der Waals surface area contributed by atoms with Crippen LogP contribution >= 0.6 is 15.9 Å². The quantitative estimate of drug-likeness (QED) is 0.704. The van der Waals surface area contributed by atoms with E-state index in [-0.39, 0.29) is 5.91 Å². The minimum absolute atomic E-state index is 0.0181. The molecule has 1 aromatic rings. The third kappa shape index (κ3) is 6.48. The molecule has 1 aromatic carbocycles. The van der Waals surface area contributed by atoms with E-state index in [0.717, 1.165) is 30.2 Å². The predicted molar refractivity (Wildman–Crippen MR) is 90.6 cm³/mol. The van der Waals surface area contributed by atoms with Gasteiger partial charge in [0.2, 0.25) is 5.91 Å². The summed E-state index contributed by atoms with van der Waals surface area (Å²) in [6.07, 6.45) is 4.64. The van der Waals surface area contributed by atoms with Gasteiger partial charge in [0.05, 0.1) is 12.8 Å². The molecule has 0 saturated carbocycles. The Morgan fingerprint density at radius 2 is 2.14 bits per heavy atom. The average molecular weight is 357 g/mol. The van der Waals surface area contributed by atoms with Crippen LogP contribution in [-0.4, -0.2) is 19.6 Å². The Morgan fingerprint density at radius 1 is 1.38 bits per heavy atom. The van der Waals surface area contributed by atoms with Crippen LogP contribution in [0.5, 0.6) is 5.75 Å². The molecule has 5 heteroatoms. The van der Waals surface area contributed by atoms with Crippen molar-refractivity contribution in [1.82, 2.24) is 0 Å². The monoisotopic (exact) mass is 356 g/mol. The number of nitrogens with one attached hydrogen (secondary N) is 1. The first-order valence-corrected chi connectivity index (χ1v) is 8.23. The zero-order valence-corrected chi connectivity index (χ0v) is 14.4. The summed E-state index contributed by atoms with van der Waals surface area (Å²) in [5, 5.41) is 2.92. The topological polar surface area (TPSA) is 64.4 Å². The number of methoxy groups -OCH3 is 1. The van der Waals surface area contributed by atoms with Crippen LogP contribution in [-0.2, 0) is 4.79 Å². The first kappa shape index (κ1) is 18.0. The molecule has 1 rings (SSSR count). The number of amides is 1. The van der Waals surface area contributed by atoms with E-state index in [1.54, 1.807) is 7.11 Å². The van der Waals surface area contributed by atoms with E-state index < -0.39 is 0 Å². The first-order valence-electron chi connectivity index (χ1n) is 7.44. The summed E-state index contributed by atoms with van der Waals surface area (Å²) < 4.78 is 6.16. The van der Waals surface area contributed by atoms with Crippen LogP contribution in [0.25, 0.3) is 0 Å². The molecule has 0 aromatic heterocycles. The van der Waals surface area contributed by atoms with E-state index in [0.29, 0.717) is 30.3 Å². The van der Waals surface area contributed by atoms with Gasteiger partial charge in [0.15, 0.2) is 0 Å². The molecule has 0 aliphatic carbocycles. The fourth-order valence-electron chi connectivity index (χ4n) is 2.40. The van der Waals surface area contributed by atoms with Crippen LogP contribution in [0.2, 0.25) is 0 Å². The number of nitrogens with two attached hydrogens (primary N) is 1. The number of ether oxygens (including phenoxy) is 1. The second-order valence-corrected chi connectivity index (χ2v) is 6.08. The molecule has 0 spiro atoms. The van der Waals surface area contributed by atoms with Crippen LogP contribution in [0, 0.1) is 5.92 Å². The van der Waals surface area contributed by atoms with E-state index in [9.17, 15) is 4.79 Å². The maximum absolute atomic E-state index is 12.1. The van der Waals surface area contributed by atoms with E-state index in [1.165, 1.54) is 0 Å². The van der Waals surface area contributed by atoms with Gasteiger partial charge in [-0.15, -0.1) is 0 Å². The molecular weight excluding hydrogens is 332 g/mol. The zero-order valence-electron chi connectivity index (χ0n) is 12.8. The predicted octanol–water partition coefficient (Wildman–Crippen LogP) is 3.94. The van der Waals surface area contributed by atoms with Gasteiger partial charge in [-0.2, -0.15) is 0 Å². The van der Waals surface area contributed by atoms with Crippen molar-refractivity contribution in [3.63, 3.8) is 0 Å². The fraction of sp³-hybridized carbons (Fsp3) is 0.562. The number of carbonyl (C=O) groups excluding carboxylic acids is 1. The zero-order chi connectivity index (χ0) is 15.7. The SMILES string of the molecule is CCCC(CCN)CCC(=O)Nc1cc(Br)ccc1OC. The van der Waals surface area contributed by atoms with Crippen molar-refractivity contribution < 1.29 is 9.53 Å². The van der Waals surface area contributed by atoms with Gasteiger partial charge in [0.25, 0.3) is 0 Å². The largest absolute Gasteiger partial charge is 0.495 e. The van der Waals surface area contributed by atoms with Gasteiger partial charge in [-0.1, -0.05) is 35.7 Å². The lowest BCUT2D eigenvalue weighted by atomic mass is 9.94. The third-order valence-corrected chi connectivity index (χ3v) is 3.98. The highest BCUT2D eigenvalue weighted by Gasteiger charge is 2.12. The Balaban J connectivity index is 2.55. The van der Waals surface area contributed by atoms with Crippen molar-refractivity contribution in [3.8, 4) is 5.75 Å². The van der Waals surface area contributed by atoms with Gasteiger partial charge in [-0.05, 0) is 43.5 Å². The van der Waals surface area contributed by atoms with Crippen LogP contribution in [0.3, 0.4) is 0 Å². The van der Waals surface area contributed by atoms with E-state index in [4.69, 9.17) is 10.5 Å². The Labute approximate surface area is 135 Å². The highest BCUT2D eigenvalue weighted by molar-refractivity contribution is 9.10. The maximum atomic E-state index is 12.1. The highest BCUT2D eigenvalue weighted by Crippen LogP contribution is 2.28. The summed E-state index contributed by atoms with van der Waals surface area (Å²) >= 11 is 3.40. The number of rotatable bonds is 9. The summed E-state index contributed by atoms with van der Waals surface area (Å²) in [5.74, 6) is 1.22. The van der Waals surface area contributed by atoms with Gasteiger partial charge in [0.1, 0.15) is 5.75 Å². The van der Waals surface area contributed by atoms with E-state index in [2.05, 4.69) is 28.2 Å². The minimum atomic E-state index is 0.0181. The molecule has 4 nitrogen and oxygen atoms in total. The van der Waals surface area contributed by atoms with Gasteiger partial charge in [0, 0.05) is 10.9 Å². The molecule has 0 radical (unpaired) electrons. The molecule has 21 heavy (non-hydrogen) atoms. The number of halogens is 1. The number of anilines is 1. The van der Waals surface area contributed by atoms with E-state index in [1.807, 2.05) is 18.2 Å². The summed E-state index contributed by atoms with van der Waals surface area (Å²) in [6, 6.07) is 5.56. The molecule has 1 unspecified atom stereocenters. The lowest BCUT2D eigenvalue weighted by Crippen LogP contribution is -2.15. The Morgan fingerprint density at radius 3 is 2.76 bits per heavy atom.